The highest BCUT2D eigenvalue weighted by Gasteiger charge is 2.21. The van der Waals surface area contributed by atoms with Gasteiger partial charge >= 0.3 is 0 Å². The smallest absolute Gasteiger partial charge is 0.178 e. The summed E-state index contributed by atoms with van der Waals surface area (Å²) in [5.74, 6) is 1.05. The number of aromatic amines is 1. The Kier molecular flexibility index (Phi) is 5.53. The molecule has 0 fully saturated rings. The van der Waals surface area contributed by atoms with Crippen LogP contribution in [0.5, 0.6) is 5.75 Å². The lowest BCUT2D eigenvalue weighted by Gasteiger charge is -2.25. The molecule has 0 spiro atoms. The number of rotatable bonds is 6. The van der Waals surface area contributed by atoms with Crippen molar-refractivity contribution in [1.82, 2.24) is 10.3 Å². The third kappa shape index (κ3) is 3.71. The van der Waals surface area contributed by atoms with Gasteiger partial charge in [0.25, 0.3) is 0 Å². The number of sulfone groups is 1. The van der Waals surface area contributed by atoms with Crippen molar-refractivity contribution in [3.05, 3.63) is 48.2 Å². The number of aromatic nitrogens is 1. The second-order valence-electron chi connectivity index (χ2n) is 6.60. The normalized spacial score (nSPS) is 18.7. The van der Waals surface area contributed by atoms with Crippen LogP contribution in [0, 0.1) is 0 Å². The zero-order valence-corrected chi connectivity index (χ0v) is 16.3. The van der Waals surface area contributed by atoms with E-state index in [4.69, 9.17) is 4.74 Å². The molecule has 0 saturated carbocycles. The van der Waals surface area contributed by atoms with Crippen LogP contribution in [0.25, 0.3) is 11.3 Å². The molecule has 2 aromatic rings. The Labute approximate surface area is 155 Å². The lowest BCUT2D eigenvalue weighted by Crippen LogP contribution is -2.35. The van der Waals surface area contributed by atoms with Gasteiger partial charge in [0.05, 0.1) is 17.8 Å². The van der Waals surface area contributed by atoms with E-state index < -0.39 is 9.84 Å². The van der Waals surface area contributed by atoms with E-state index in [0.717, 1.165) is 29.9 Å². The molecule has 2 atom stereocenters. The number of hydrogen-bond acceptors (Lipinski definition) is 4. The standard InChI is InChI=1S/C20H26N2O3S/c1-4-26(23,24)15-8-11-20(25-3)16(13-15)19-10-9-18(22-19)14(2)17-7-5-6-12-21-17/h5-6,8-11,13-14,17,21-22H,4,7,12H2,1-3H3. The Morgan fingerprint density at radius 2 is 2.04 bits per heavy atom. The molecular weight excluding hydrogens is 348 g/mol. The van der Waals surface area contributed by atoms with Crippen molar-refractivity contribution < 1.29 is 13.2 Å². The lowest BCUT2D eigenvalue weighted by molar-refractivity contribution is 0.416. The van der Waals surface area contributed by atoms with E-state index in [1.54, 1.807) is 32.2 Å². The summed E-state index contributed by atoms with van der Waals surface area (Å²) < 4.78 is 29.9. The fourth-order valence-electron chi connectivity index (χ4n) is 3.32. The summed E-state index contributed by atoms with van der Waals surface area (Å²) in [5, 5.41) is 3.51. The molecule has 0 amide bonds. The van der Waals surface area contributed by atoms with Crippen LogP contribution in [0.2, 0.25) is 0 Å². The zero-order valence-electron chi connectivity index (χ0n) is 15.5. The Balaban J connectivity index is 1.95. The van der Waals surface area contributed by atoms with Crippen molar-refractivity contribution in [3.8, 4) is 17.0 Å². The second kappa shape index (κ2) is 7.68. The number of nitrogens with one attached hydrogen (secondary N) is 2. The highest BCUT2D eigenvalue weighted by Crippen LogP contribution is 2.33. The fraction of sp³-hybridized carbons (Fsp3) is 0.400. The van der Waals surface area contributed by atoms with Crippen LogP contribution < -0.4 is 10.1 Å². The minimum absolute atomic E-state index is 0.0760. The molecule has 0 radical (unpaired) electrons. The number of hydrogen-bond donors (Lipinski definition) is 2. The molecule has 26 heavy (non-hydrogen) atoms. The molecule has 2 unspecified atom stereocenters. The molecule has 0 saturated heterocycles. The molecule has 1 aliphatic heterocycles. The topological polar surface area (TPSA) is 71.2 Å². The molecule has 5 nitrogen and oxygen atoms in total. The lowest BCUT2D eigenvalue weighted by atomic mass is 9.94. The molecule has 2 N–H and O–H groups in total. The maximum atomic E-state index is 12.2. The largest absolute Gasteiger partial charge is 0.496 e. The van der Waals surface area contributed by atoms with Crippen LogP contribution in [0.4, 0.5) is 0 Å². The summed E-state index contributed by atoms with van der Waals surface area (Å²) in [6, 6.07) is 9.46. The van der Waals surface area contributed by atoms with Gasteiger partial charge in [0, 0.05) is 35.5 Å². The van der Waals surface area contributed by atoms with Crippen molar-refractivity contribution in [1.29, 1.82) is 0 Å². The third-order valence-corrected chi connectivity index (χ3v) is 6.79. The quantitative estimate of drug-likeness (QED) is 0.759. The van der Waals surface area contributed by atoms with Gasteiger partial charge in [-0.15, -0.1) is 0 Å². The maximum absolute atomic E-state index is 12.2. The fourth-order valence-corrected chi connectivity index (χ4v) is 4.23. The van der Waals surface area contributed by atoms with Crippen LogP contribution in [0.3, 0.4) is 0 Å². The average molecular weight is 375 g/mol. The first-order chi connectivity index (χ1) is 12.5. The van der Waals surface area contributed by atoms with Crippen molar-refractivity contribution in [2.45, 2.75) is 37.1 Å². The minimum atomic E-state index is -3.27. The summed E-state index contributed by atoms with van der Waals surface area (Å²) in [6.45, 7) is 4.74. The SMILES string of the molecule is CCS(=O)(=O)c1ccc(OC)c(-c2ccc(C(C)C3CC=CCN3)[nH]2)c1. The number of H-pyrrole nitrogens is 1. The Morgan fingerprint density at radius 3 is 2.69 bits per heavy atom. The van der Waals surface area contributed by atoms with Gasteiger partial charge in [0.1, 0.15) is 5.75 Å². The van der Waals surface area contributed by atoms with E-state index in [-0.39, 0.29) is 5.75 Å². The number of benzene rings is 1. The Hall–Kier alpha value is -2.05. The first kappa shape index (κ1) is 18.7. The van der Waals surface area contributed by atoms with Gasteiger partial charge in [-0.2, -0.15) is 0 Å². The molecule has 6 heteroatoms. The molecule has 1 aliphatic rings. The first-order valence-electron chi connectivity index (χ1n) is 8.94. The van der Waals surface area contributed by atoms with E-state index in [1.807, 2.05) is 6.07 Å². The predicted octanol–water partition coefficient (Wildman–Crippen LogP) is 3.51. The summed E-state index contributed by atoms with van der Waals surface area (Å²) in [6.07, 6.45) is 5.36. The molecular formula is C20H26N2O3S. The predicted molar refractivity (Wildman–Crippen MR) is 104 cm³/mol. The third-order valence-electron chi connectivity index (χ3n) is 5.06. The molecule has 140 valence electrons. The van der Waals surface area contributed by atoms with Gasteiger partial charge in [-0.25, -0.2) is 8.42 Å². The van der Waals surface area contributed by atoms with Gasteiger partial charge < -0.3 is 15.0 Å². The second-order valence-corrected chi connectivity index (χ2v) is 8.88. The van der Waals surface area contributed by atoms with Crippen LogP contribution in [-0.2, 0) is 9.84 Å². The van der Waals surface area contributed by atoms with Gasteiger partial charge in [-0.05, 0) is 36.8 Å². The summed E-state index contributed by atoms with van der Waals surface area (Å²) in [4.78, 5) is 3.78. The molecule has 3 rings (SSSR count). The van der Waals surface area contributed by atoms with Crippen LogP contribution in [0.15, 0.2) is 47.4 Å². The van der Waals surface area contributed by atoms with E-state index in [0.29, 0.717) is 22.6 Å². The van der Waals surface area contributed by atoms with Gasteiger partial charge in [0.2, 0.25) is 0 Å². The minimum Gasteiger partial charge on any atom is -0.496 e. The molecule has 1 aromatic carbocycles. The monoisotopic (exact) mass is 374 g/mol. The molecule has 0 aliphatic carbocycles. The highest BCUT2D eigenvalue weighted by molar-refractivity contribution is 7.91. The van der Waals surface area contributed by atoms with Crippen LogP contribution in [0.1, 0.15) is 31.9 Å². The Bertz CT molecular complexity index is 900. The van der Waals surface area contributed by atoms with Crippen molar-refractivity contribution >= 4 is 9.84 Å². The van der Waals surface area contributed by atoms with Crippen molar-refractivity contribution in [3.63, 3.8) is 0 Å². The van der Waals surface area contributed by atoms with E-state index in [1.165, 1.54) is 0 Å². The summed E-state index contributed by atoms with van der Waals surface area (Å²) in [7, 11) is -1.67. The van der Waals surface area contributed by atoms with Crippen LogP contribution in [-0.4, -0.2) is 38.9 Å². The Morgan fingerprint density at radius 1 is 1.23 bits per heavy atom. The summed E-state index contributed by atoms with van der Waals surface area (Å²) >= 11 is 0. The van der Waals surface area contributed by atoms with Gasteiger partial charge in [-0.1, -0.05) is 26.0 Å². The van der Waals surface area contributed by atoms with Crippen molar-refractivity contribution in [2.24, 2.45) is 0 Å². The van der Waals surface area contributed by atoms with Gasteiger partial charge in [-0.3, -0.25) is 0 Å². The molecule has 2 heterocycles. The number of ether oxygens (including phenoxy) is 1. The number of methoxy groups -OCH3 is 1. The van der Waals surface area contributed by atoms with E-state index in [2.05, 4.69) is 35.4 Å². The first-order valence-corrected chi connectivity index (χ1v) is 10.6. The van der Waals surface area contributed by atoms with Crippen molar-refractivity contribution in [2.75, 3.05) is 19.4 Å². The maximum Gasteiger partial charge on any atom is 0.178 e. The zero-order chi connectivity index (χ0) is 18.7. The molecule has 1 aromatic heterocycles. The molecule has 0 bridgehead atoms. The van der Waals surface area contributed by atoms with E-state index in [9.17, 15) is 8.42 Å². The highest BCUT2D eigenvalue weighted by atomic mass is 32.2. The van der Waals surface area contributed by atoms with Crippen LogP contribution >= 0.6 is 0 Å². The summed E-state index contributed by atoms with van der Waals surface area (Å²) in [5.41, 5.74) is 2.75. The van der Waals surface area contributed by atoms with E-state index >= 15 is 0 Å². The van der Waals surface area contributed by atoms with Gasteiger partial charge in [0.15, 0.2) is 9.84 Å². The average Bonchev–Trinajstić information content (AvgIpc) is 3.17.